The number of aliphatic imine (C=N–C) groups is 1. The number of fused-ring (bicyclic) bond motifs is 1. The number of hydrogen-bond donors (Lipinski definition) is 2. The molecule has 2 amide bonds. The van der Waals surface area contributed by atoms with Gasteiger partial charge in [0.1, 0.15) is 5.84 Å². The molecule has 0 bridgehead atoms. The highest BCUT2D eigenvalue weighted by Crippen LogP contribution is 2.33. The van der Waals surface area contributed by atoms with Crippen molar-refractivity contribution in [2.24, 2.45) is 22.7 Å². The van der Waals surface area contributed by atoms with E-state index in [0.717, 1.165) is 30.7 Å². The van der Waals surface area contributed by atoms with Gasteiger partial charge in [-0.15, -0.1) is 0 Å². The van der Waals surface area contributed by atoms with E-state index in [4.69, 9.17) is 0 Å². The van der Waals surface area contributed by atoms with E-state index in [0.29, 0.717) is 24.0 Å². The summed E-state index contributed by atoms with van der Waals surface area (Å²) in [4.78, 5) is 29.2. The summed E-state index contributed by atoms with van der Waals surface area (Å²) in [6, 6.07) is 8.00. The largest absolute Gasteiger partial charge is 0.326 e. The maximum atomic E-state index is 12.5. The predicted molar refractivity (Wildman–Crippen MR) is 126 cm³/mol. The zero-order valence-electron chi connectivity index (χ0n) is 18.6. The quantitative estimate of drug-likeness (QED) is 0.596. The highest BCUT2D eigenvalue weighted by molar-refractivity contribution is 6.00. The Balaban J connectivity index is 1.45. The Hall–Kier alpha value is -2.95. The minimum atomic E-state index is -0.117. The normalized spacial score (nSPS) is 21.7. The Morgan fingerprint density at radius 2 is 1.94 bits per heavy atom. The number of aryl methyl sites for hydroxylation is 1. The SMILES string of the molecule is C=C(NC(=O)CCCC(=O)NC1=NC=CC2C=CCC(C)C12)c1ccccc1CCC. The van der Waals surface area contributed by atoms with Crippen LogP contribution >= 0.6 is 0 Å². The number of amidine groups is 1. The van der Waals surface area contributed by atoms with Crippen LogP contribution in [0.1, 0.15) is 57.1 Å². The molecule has 0 radical (unpaired) electrons. The molecule has 1 aromatic carbocycles. The zero-order valence-corrected chi connectivity index (χ0v) is 18.6. The average Bonchev–Trinajstić information content (AvgIpc) is 2.74. The molecule has 0 fully saturated rings. The van der Waals surface area contributed by atoms with Crippen LogP contribution in [0.15, 0.2) is 60.3 Å². The number of benzene rings is 1. The summed E-state index contributed by atoms with van der Waals surface area (Å²) in [7, 11) is 0. The first-order valence-corrected chi connectivity index (χ1v) is 11.3. The van der Waals surface area contributed by atoms with Crippen LogP contribution in [0.25, 0.3) is 5.70 Å². The first-order chi connectivity index (χ1) is 15.0. The summed E-state index contributed by atoms with van der Waals surface area (Å²) in [6.07, 6.45) is 12.3. The average molecular weight is 420 g/mol. The molecule has 5 nitrogen and oxygen atoms in total. The van der Waals surface area contributed by atoms with Crippen LogP contribution in [0.4, 0.5) is 0 Å². The summed E-state index contributed by atoms with van der Waals surface area (Å²) >= 11 is 0. The third kappa shape index (κ3) is 6.03. The zero-order chi connectivity index (χ0) is 22.2. The fourth-order valence-electron chi connectivity index (χ4n) is 4.37. The molecule has 3 atom stereocenters. The van der Waals surface area contributed by atoms with Crippen LogP contribution in [-0.4, -0.2) is 17.6 Å². The number of nitrogens with zero attached hydrogens (tertiary/aromatic N) is 1. The number of nitrogens with one attached hydrogen (secondary N) is 2. The molecule has 2 N–H and O–H groups in total. The van der Waals surface area contributed by atoms with Gasteiger partial charge in [0.05, 0.1) is 0 Å². The van der Waals surface area contributed by atoms with Gasteiger partial charge in [-0.2, -0.15) is 0 Å². The van der Waals surface area contributed by atoms with Crippen molar-refractivity contribution in [1.82, 2.24) is 10.6 Å². The Kier molecular flexibility index (Phi) is 7.99. The summed E-state index contributed by atoms with van der Waals surface area (Å²) in [5.74, 6) is 1.49. The van der Waals surface area contributed by atoms with Gasteiger partial charge < -0.3 is 10.6 Å². The van der Waals surface area contributed by atoms with Crippen molar-refractivity contribution >= 4 is 23.3 Å². The smallest absolute Gasteiger partial charge is 0.225 e. The molecule has 3 unspecified atom stereocenters. The number of allylic oxidation sites excluding steroid dienone is 3. The minimum Gasteiger partial charge on any atom is -0.326 e. The second kappa shape index (κ2) is 10.9. The molecule has 2 aliphatic rings. The molecule has 164 valence electrons. The molecule has 1 heterocycles. The minimum absolute atomic E-state index is 0.0885. The van der Waals surface area contributed by atoms with Crippen molar-refractivity contribution in [1.29, 1.82) is 0 Å². The van der Waals surface area contributed by atoms with E-state index in [-0.39, 0.29) is 30.6 Å². The lowest BCUT2D eigenvalue weighted by Gasteiger charge is -2.34. The second-order valence-electron chi connectivity index (χ2n) is 8.44. The van der Waals surface area contributed by atoms with Gasteiger partial charge in [0.2, 0.25) is 11.8 Å². The number of carbonyl (C=O) groups excluding carboxylic acids is 2. The maximum absolute atomic E-state index is 12.5. The Morgan fingerprint density at radius 3 is 2.74 bits per heavy atom. The number of amides is 2. The van der Waals surface area contributed by atoms with Crippen LogP contribution < -0.4 is 10.6 Å². The third-order valence-electron chi connectivity index (χ3n) is 5.96. The van der Waals surface area contributed by atoms with Gasteiger partial charge >= 0.3 is 0 Å². The molecule has 3 rings (SSSR count). The summed E-state index contributed by atoms with van der Waals surface area (Å²) in [5.41, 5.74) is 2.78. The van der Waals surface area contributed by atoms with Crippen LogP contribution in [0.5, 0.6) is 0 Å². The lowest BCUT2D eigenvalue weighted by atomic mass is 9.75. The third-order valence-corrected chi connectivity index (χ3v) is 5.96. The van der Waals surface area contributed by atoms with Gasteiger partial charge in [0.15, 0.2) is 0 Å². The predicted octanol–water partition coefficient (Wildman–Crippen LogP) is 4.77. The molecule has 0 saturated carbocycles. The molecule has 0 aromatic heterocycles. The van der Waals surface area contributed by atoms with Gasteiger partial charge in [-0.1, -0.05) is 69.3 Å². The standard InChI is InChI=1S/C26H33N3O2/c1-4-9-20-11-5-6-13-22(20)19(3)28-23(30)14-8-15-24(31)29-26-25-18(2)10-7-12-21(25)16-17-27-26/h5-7,11-13,16-18,21,25H,3-4,8-10,14-15H2,1-2H3,(H,28,30)(H,27,29,31). The fourth-order valence-corrected chi connectivity index (χ4v) is 4.37. The topological polar surface area (TPSA) is 70.6 Å². The molecule has 5 heteroatoms. The Labute approximate surface area is 185 Å². The highest BCUT2D eigenvalue weighted by Gasteiger charge is 2.32. The highest BCUT2D eigenvalue weighted by atomic mass is 16.2. The van der Waals surface area contributed by atoms with Crippen molar-refractivity contribution < 1.29 is 9.59 Å². The van der Waals surface area contributed by atoms with E-state index in [1.165, 1.54) is 5.56 Å². The lowest BCUT2D eigenvalue weighted by molar-refractivity contribution is -0.121. The number of hydrogen-bond acceptors (Lipinski definition) is 3. The van der Waals surface area contributed by atoms with E-state index >= 15 is 0 Å². The van der Waals surface area contributed by atoms with Crippen molar-refractivity contribution in [2.45, 2.75) is 52.4 Å². The Bertz CT molecular complexity index is 913. The molecule has 1 aliphatic carbocycles. The fraction of sp³-hybridized carbons (Fsp3) is 0.423. The summed E-state index contributed by atoms with van der Waals surface area (Å²) in [5, 5.41) is 5.87. The van der Waals surface area contributed by atoms with E-state index in [1.807, 2.05) is 18.2 Å². The first kappa shape index (κ1) is 22.7. The monoisotopic (exact) mass is 419 g/mol. The molecular formula is C26H33N3O2. The summed E-state index contributed by atoms with van der Waals surface area (Å²) in [6.45, 7) is 8.36. The molecule has 0 saturated heterocycles. The van der Waals surface area contributed by atoms with Crippen LogP contribution in [0.3, 0.4) is 0 Å². The Morgan fingerprint density at radius 1 is 1.16 bits per heavy atom. The van der Waals surface area contributed by atoms with Crippen molar-refractivity contribution in [2.75, 3.05) is 0 Å². The molecule has 1 aliphatic heterocycles. The lowest BCUT2D eigenvalue weighted by Crippen LogP contribution is -2.43. The van der Waals surface area contributed by atoms with Gasteiger partial charge in [0, 0.05) is 42.1 Å². The van der Waals surface area contributed by atoms with Crippen molar-refractivity contribution in [3.63, 3.8) is 0 Å². The van der Waals surface area contributed by atoms with Gasteiger partial charge in [0.25, 0.3) is 0 Å². The molecule has 0 spiro atoms. The van der Waals surface area contributed by atoms with Crippen molar-refractivity contribution in [3.8, 4) is 0 Å². The maximum Gasteiger partial charge on any atom is 0.225 e. The van der Waals surface area contributed by atoms with Crippen molar-refractivity contribution in [3.05, 3.63) is 66.4 Å². The van der Waals surface area contributed by atoms with E-state index in [1.54, 1.807) is 6.20 Å². The van der Waals surface area contributed by atoms with Crippen LogP contribution in [-0.2, 0) is 16.0 Å². The van der Waals surface area contributed by atoms with E-state index in [9.17, 15) is 9.59 Å². The van der Waals surface area contributed by atoms with Gasteiger partial charge in [-0.25, -0.2) is 4.99 Å². The number of carbonyl (C=O) groups is 2. The van der Waals surface area contributed by atoms with Crippen LogP contribution in [0, 0.1) is 17.8 Å². The second-order valence-corrected chi connectivity index (χ2v) is 8.44. The number of rotatable bonds is 8. The van der Waals surface area contributed by atoms with E-state index < -0.39 is 0 Å². The molecular weight excluding hydrogens is 386 g/mol. The van der Waals surface area contributed by atoms with E-state index in [2.05, 4.69) is 60.3 Å². The molecule has 31 heavy (non-hydrogen) atoms. The van der Waals surface area contributed by atoms with Gasteiger partial charge in [-0.05, 0) is 30.7 Å². The first-order valence-electron chi connectivity index (χ1n) is 11.3. The van der Waals surface area contributed by atoms with Crippen LogP contribution in [0.2, 0.25) is 0 Å². The summed E-state index contributed by atoms with van der Waals surface area (Å²) < 4.78 is 0. The molecule has 1 aromatic rings. The van der Waals surface area contributed by atoms with Gasteiger partial charge in [-0.3, -0.25) is 9.59 Å².